The number of hydrogen-bond donors (Lipinski definition) is 0. The topological polar surface area (TPSA) is 17.8 Å². The van der Waals surface area contributed by atoms with Crippen LogP contribution in [0.4, 0.5) is 13.2 Å². The fraction of sp³-hybridized carbons (Fsp3) is 0.250. The Hall–Kier alpha value is -1.78. The lowest BCUT2D eigenvalue weighted by Crippen LogP contribution is -2.06. The van der Waals surface area contributed by atoms with Crippen LogP contribution < -0.4 is 0 Å². The maximum Gasteiger partial charge on any atom is 0.416 e. The smallest absolute Gasteiger partial charge is 0.306 e. The Morgan fingerprint density at radius 3 is 2.35 bits per heavy atom. The Bertz CT molecular complexity index is 541. The molecule has 0 atom stereocenters. The summed E-state index contributed by atoms with van der Waals surface area (Å²) in [6.07, 6.45) is -1.13. The second-order valence-corrected chi connectivity index (χ2v) is 3.98. The van der Waals surface area contributed by atoms with Crippen LogP contribution in [0.15, 0.2) is 30.7 Å². The highest BCUT2D eigenvalue weighted by atomic mass is 19.4. The lowest BCUT2D eigenvalue weighted by Gasteiger charge is -2.10. The van der Waals surface area contributed by atoms with Gasteiger partial charge >= 0.3 is 6.18 Å². The molecule has 0 spiro atoms. The molecule has 2 rings (SSSR count). The Morgan fingerprint density at radius 2 is 1.82 bits per heavy atom. The standard InChI is InChI=1S/C12H11F3N2/c1-8-3-10(12(13,14)15)5-11(4-8)17-6-9(2)16-7-17/h3-7H,1-2H3. The van der Waals surface area contributed by atoms with Gasteiger partial charge < -0.3 is 4.57 Å². The number of nitrogens with zero attached hydrogens (tertiary/aromatic N) is 2. The number of aryl methyl sites for hydroxylation is 2. The van der Waals surface area contributed by atoms with Gasteiger partial charge in [-0.25, -0.2) is 4.98 Å². The summed E-state index contributed by atoms with van der Waals surface area (Å²) in [5, 5.41) is 0. The van der Waals surface area contributed by atoms with Crippen molar-refractivity contribution < 1.29 is 13.2 Å². The van der Waals surface area contributed by atoms with Gasteiger partial charge in [0, 0.05) is 11.9 Å². The van der Waals surface area contributed by atoms with E-state index in [9.17, 15) is 13.2 Å². The van der Waals surface area contributed by atoms with Crippen LogP contribution in [0.1, 0.15) is 16.8 Å². The van der Waals surface area contributed by atoms with Crippen molar-refractivity contribution >= 4 is 0 Å². The molecule has 0 unspecified atom stereocenters. The van der Waals surface area contributed by atoms with E-state index in [1.807, 2.05) is 0 Å². The van der Waals surface area contributed by atoms with Crippen LogP contribution in [0.3, 0.4) is 0 Å². The number of alkyl halides is 3. The fourth-order valence-electron chi connectivity index (χ4n) is 1.64. The highest BCUT2D eigenvalue weighted by Crippen LogP contribution is 2.31. The fourth-order valence-corrected chi connectivity index (χ4v) is 1.64. The number of rotatable bonds is 1. The van der Waals surface area contributed by atoms with Gasteiger partial charge in [-0.3, -0.25) is 0 Å². The van der Waals surface area contributed by atoms with E-state index in [1.165, 1.54) is 6.33 Å². The molecule has 90 valence electrons. The molecular formula is C12H11F3N2. The number of imidazole rings is 1. The minimum Gasteiger partial charge on any atom is -0.306 e. The first-order chi connectivity index (χ1) is 7.86. The lowest BCUT2D eigenvalue weighted by molar-refractivity contribution is -0.137. The van der Waals surface area contributed by atoms with Crippen LogP contribution >= 0.6 is 0 Å². The van der Waals surface area contributed by atoms with Crippen molar-refractivity contribution in [1.29, 1.82) is 0 Å². The Balaban J connectivity index is 2.52. The molecule has 0 bridgehead atoms. The molecule has 0 radical (unpaired) electrons. The third kappa shape index (κ3) is 2.49. The number of halogens is 3. The first-order valence-corrected chi connectivity index (χ1v) is 5.06. The number of aromatic nitrogens is 2. The summed E-state index contributed by atoms with van der Waals surface area (Å²) in [4.78, 5) is 4.00. The molecule has 1 heterocycles. The van der Waals surface area contributed by atoms with E-state index >= 15 is 0 Å². The van der Waals surface area contributed by atoms with Crippen molar-refractivity contribution in [2.24, 2.45) is 0 Å². The molecular weight excluding hydrogens is 229 g/mol. The van der Waals surface area contributed by atoms with Crippen molar-refractivity contribution in [3.8, 4) is 5.69 Å². The predicted octanol–water partition coefficient (Wildman–Crippen LogP) is 3.51. The van der Waals surface area contributed by atoms with Crippen molar-refractivity contribution in [3.05, 3.63) is 47.5 Å². The largest absolute Gasteiger partial charge is 0.416 e. The number of hydrogen-bond acceptors (Lipinski definition) is 1. The van der Waals surface area contributed by atoms with E-state index in [4.69, 9.17) is 0 Å². The second kappa shape index (κ2) is 3.91. The van der Waals surface area contributed by atoms with Gasteiger partial charge in [-0.05, 0) is 37.6 Å². The Labute approximate surface area is 96.7 Å². The van der Waals surface area contributed by atoms with Crippen LogP contribution in [0.5, 0.6) is 0 Å². The molecule has 17 heavy (non-hydrogen) atoms. The lowest BCUT2D eigenvalue weighted by atomic mass is 10.1. The summed E-state index contributed by atoms with van der Waals surface area (Å²) in [7, 11) is 0. The van der Waals surface area contributed by atoms with Gasteiger partial charge in [-0.2, -0.15) is 13.2 Å². The normalized spacial score (nSPS) is 11.8. The van der Waals surface area contributed by atoms with Gasteiger partial charge in [-0.15, -0.1) is 0 Å². The molecule has 0 saturated carbocycles. The van der Waals surface area contributed by atoms with Crippen molar-refractivity contribution in [2.75, 3.05) is 0 Å². The third-order valence-electron chi connectivity index (χ3n) is 2.40. The van der Waals surface area contributed by atoms with E-state index in [2.05, 4.69) is 4.98 Å². The monoisotopic (exact) mass is 240 g/mol. The summed E-state index contributed by atoms with van der Waals surface area (Å²) in [5.74, 6) is 0. The zero-order valence-electron chi connectivity index (χ0n) is 9.42. The zero-order chi connectivity index (χ0) is 12.6. The molecule has 0 aliphatic rings. The minimum absolute atomic E-state index is 0.470. The zero-order valence-corrected chi connectivity index (χ0v) is 9.42. The second-order valence-electron chi connectivity index (χ2n) is 3.98. The molecule has 0 amide bonds. The van der Waals surface area contributed by atoms with Gasteiger partial charge in [0.15, 0.2) is 0 Å². The van der Waals surface area contributed by atoms with Gasteiger partial charge in [0.05, 0.1) is 17.6 Å². The molecule has 2 nitrogen and oxygen atoms in total. The summed E-state index contributed by atoms with van der Waals surface area (Å²) in [6.45, 7) is 3.43. The summed E-state index contributed by atoms with van der Waals surface area (Å²) >= 11 is 0. The average molecular weight is 240 g/mol. The molecule has 0 fully saturated rings. The average Bonchev–Trinajstić information content (AvgIpc) is 2.62. The van der Waals surface area contributed by atoms with Crippen LogP contribution in [0, 0.1) is 13.8 Å². The maximum absolute atomic E-state index is 12.6. The van der Waals surface area contributed by atoms with Gasteiger partial charge in [0.1, 0.15) is 0 Å². The molecule has 0 aliphatic heterocycles. The first-order valence-electron chi connectivity index (χ1n) is 5.06. The predicted molar refractivity (Wildman–Crippen MR) is 58.0 cm³/mol. The highest BCUT2D eigenvalue weighted by Gasteiger charge is 2.31. The number of benzene rings is 1. The molecule has 1 aromatic carbocycles. The molecule has 5 heteroatoms. The van der Waals surface area contributed by atoms with Crippen LogP contribution in [0.2, 0.25) is 0 Å². The minimum atomic E-state index is -4.32. The van der Waals surface area contributed by atoms with Crippen LogP contribution in [0.25, 0.3) is 5.69 Å². The SMILES string of the molecule is Cc1cc(-n2cnc(C)c2)cc(C(F)(F)F)c1. The van der Waals surface area contributed by atoms with Crippen molar-refractivity contribution in [1.82, 2.24) is 9.55 Å². The Kier molecular flexibility index (Phi) is 2.69. The van der Waals surface area contributed by atoms with Gasteiger partial charge in [0.25, 0.3) is 0 Å². The summed E-state index contributed by atoms with van der Waals surface area (Å²) < 4.78 is 39.5. The highest BCUT2D eigenvalue weighted by molar-refractivity contribution is 5.41. The third-order valence-corrected chi connectivity index (χ3v) is 2.40. The molecule has 0 aliphatic carbocycles. The van der Waals surface area contributed by atoms with E-state index in [-0.39, 0.29) is 0 Å². The van der Waals surface area contributed by atoms with Gasteiger partial charge in [-0.1, -0.05) is 0 Å². The van der Waals surface area contributed by atoms with Gasteiger partial charge in [0.2, 0.25) is 0 Å². The summed E-state index contributed by atoms with van der Waals surface area (Å²) in [5.41, 5.74) is 1.16. The Morgan fingerprint density at radius 1 is 1.12 bits per heavy atom. The van der Waals surface area contributed by atoms with E-state index in [0.717, 1.165) is 17.8 Å². The van der Waals surface area contributed by atoms with Crippen molar-refractivity contribution in [3.63, 3.8) is 0 Å². The molecule has 1 aromatic heterocycles. The van der Waals surface area contributed by atoms with E-state index < -0.39 is 11.7 Å². The van der Waals surface area contributed by atoms with Crippen LogP contribution in [-0.4, -0.2) is 9.55 Å². The quantitative estimate of drug-likeness (QED) is 0.745. The van der Waals surface area contributed by atoms with Crippen LogP contribution in [-0.2, 0) is 6.18 Å². The molecule has 0 N–H and O–H groups in total. The first kappa shape index (κ1) is 11.7. The van der Waals surface area contributed by atoms with E-state index in [0.29, 0.717) is 11.3 Å². The van der Waals surface area contributed by atoms with E-state index in [1.54, 1.807) is 30.7 Å². The maximum atomic E-state index is 12.6. The summed E-state index contributed by atoms with van der Waals surface area (Å²) in [6, 6.07) is 3.94. The molecule has 2 aromatic rings. The van der Waals surface area contributed by atoms with Crippen molar-refractivity contribution in [2.45, 2.75) is 20.0 Å². The molecule has 0 saturated heterocycles.